The summed E-state index contributed by atoms with van der Waals surface area (Å²) in [5, 5.41) is 5.81. The summed E-state index contributed by atoms with van der Waals surface area (Å²) in [4.78, 5) is 13.9. The summed E-state index contributed by atoms with van der Waals surface area (Å²) in [5.41, 5.74) is 0.897. The number of carbonyl (C=O) groups excluding carboxylic acids is 1. The molecule has 1 aliphatic rings. The number of carbonyl (C=O) groups is 1. The van der Waals surface area contributed by atoms with Gasteiger partial charge in [0.15, 0.2) is 0 Å². The molecule has 0 radical (unpaired) electrons. The fourth-order valence-electron chi connectivity index (χ4n) is 2.85. The second kappa shape index (κ2) is 7.99. The van der Waals surface area contributed by atoms with Crippen LogP contribution in [0.2, 0.25) is 0 Å². The predicted octanol–water partition coefficient (Wildman–Crippen LogP) is 4.78. The first-order valence-corrected chi connectivity index (χ1v) is 9.84. The van der Waals surface area contributed by atoms with Gasteiger partial charge in [0.2, 0.25) is 0 Å². The molecule has 1 aliphatic carbocycles. The van der Waals surface area contributed by atoms with Crippen molar-refractivity contribution in [2.45, 2.75) is 70.7 Å². The Morgan fingerprint density at radius 3 is 2.57 bits per heavy atom. The minimum atomic E-state index is -0.432. The minimum Gasteiger partial charge on any atom is -0.444 e. The van der Waals surface area contributed by atoms with Gasteiger partial charge in [-0.25, -0.2) is 4.79 Å². The highest BCUT2D eigenvalue weighted by molar-refractivity contribution is 9.11. The largest absolute Gasteiger partial charge is 0.444 e. The molecule has 1 aromatic heterocycles. The second-order valence-corrected chi connectivity index (χ2v) is 9.53. The number of nitrogens with zero attached hydrogens (tertiary/aromatic N) is 1. The highest BCUT2D eigenvalue weighted by atomic mass is 79.9. The Bertz CT molecular complexity index is 519. The SMILES string of the molecule is CN(C(=O)OC(C)(C)C)C1CCC(NCc2csc(Br)c2)CC1. The normalized spacial score (nSPS) is 22.0. The molecule has 0 unspecified atom stereocenters. The Hall–Kier alpha value is -0.590. The van der Waals surface area contributed by atoms with Crippen molar-refractivity contribution in [3.8, 4) is 0 Å². The molecule has 0 aliphatic heterocycles. The third-order valence-corrected chi connectivity index (χ3v) is 5.70. The third kappa shape index (κ3) is 6.08. The second-order valence-electron chi connectivity index (χ2n) is 7.24. The standard InChI is InChI=1S/C17H27BrN2O2S/c1-17(2,3)22-16(21)20(4)14-7-5-13(6-8-14)19-10-12-9-15(18)23-11-12/h9,11,13-14,19H,5-8,10H2,1-4H3. The van der Waals surface area contributed by atoms with Crippen LogP contribution in [-0.4, -0.2) is 35.7 Å². The molecule has 1 N–H and O–H groups in total. The van der Waals surface area contributed by atoms with Crippen molar-refractivity contribution < 1.29 is 9.53 Å². The molecular formula is C17H27BrN2O2S. The number of halogens is 1. The van der Waals surface area contributed by atoms with Crippen molar-refractivity contribution in [1.29, 1.82) is 0 Å². The lowest BCUT2D eigenvalue weighted by atomic mass is 9.90. The topological polar surface area (TPSA) is 41.6 Å². The van der Waals surface area contributed by atoms with E-state index in [1.54, 1.807) is 16.2 Å². The number of rotatable bonds is 4. The highest BCUT2D eigenvalue weighted by Gasteiger charge is 2.29. The van der Waals surface area contributed by atoms with Gasteiger partial charge in [-0.2, -0.15) is 0 Å². The van der Waals surface area contributed by atoms with Gasteiger partial charge in [-0.15, -0.1) is 11.3 Å². The summed E-state index contributed by atoms with van der Waals surface area (Å²) in [6.07, 6.45) is 4.05. The summed E-state index contributed by atoms with van der Waals surface area (Å²) in [6, 6.07) is 3.00. The molecule has 0 bridgehead atoms. The lowest BCUT2D eigenvalue weighted by Crippen LogP contribution is -2.44. The number of thiophene rings is 1. The first-order chi connectivity index (χ1) is 10.7. The van der Waals surface area contributed by atoms with E-state index in [0.717, 1.165) is 32.2 Å². The molecule has 0 saturated heterocycles. The van der Waals surface area contributed by atoms with Gasteiger partial charge < -0.3 is 15.0 Å². The van der Waals surface area contributed by atoms with Crippen LogP contribution in [0.4, 0.5) is 4.79 Å². The Balaban J connectivity index is 1.73. The van der Waals surface area contributed by atoms with Gasteiger partial charge in [0.1, 0.15) is 5.60 Å². The van der Waals surface area contributed by atoms with E-state index >= 15 is 0 Å². The first kappa shape index (κ1) is 18.7. The summed E-state index contributed by atoms with van der Waals surface area (Å²) >= 11 is 5.22. The third-order valence-electron chi connectivity index (χ3n) is 4.14. The van der Waals surface area contributed by atoms with E-state index in [9.17, 15) is 4.79 Å². The van der Waals surface area contributed by atoms with Crippen LogP contribution in [0.5, 0.6) is 0 Å². The van der Waals surface area contributed by atoms with E-state index < -0.39 is 5.60 Å². The molecule has 0 atom stereocenters. The Morgan fingerprint density at radius 2 is 2.04 bits per heavy atom. The van der Waals surface area contributed by atoms with Crippen molar-refractivity contribution in [3.63, 3.8) is 0 Å². The van der Waals surface area contributed by atoms with Gasteiger partial charge in [0.25, 0.3) is 0 Å². The van der Waals surface area contributed by atoms with Gasteiger partial charge >= 0.3 is 6.09 Å². The number of amides is 1. The van der Waals surface area contributed by atoms with E-state index in [1.165, 1.54) is 9.35 Å². The highest BCUT2D eigenvalue weighted by Crippen LogP contribution is 2.25. The van der Waals surface area contributed by atoms with Crippen LogP contribution in [0.1, 0.15) is 52.0 Å². The van der Waals surface area contributed by atoms with Crippen LogP contribution in [0.15, 0.2) is 15.2 Å². The molecule has 0 aromatic carbocycles. The van der Waals surface area contributed by atoms with Crippen LogP contribution in [0, 0.1) is 0 Å². The van der Waals surface area contributed by atoms with Gasteiger partial charge in [0, 0.05) is 25.7 Å². The van der Waals surface area contributed by atoms with E-state index in [-0.39, 0.29) is 12.1 Å². The van der Waals surface area contributed by atoms with Crippen LogP contribution in [0.25, 0.3) is 0 Å². The minimum absolute atomic E-state index is 0.211. The summed E-state index contributed by atoms with van der Waals surface area (Å²) < 4.78 is 6.63. The molecule has 23 heavy (non-hydrogen) atoms. The molecule has 1 fully saturated rings. The van der Waals surface area contributed by atoms with Crippen molar-refractivity contribution >= 4 is 33.4 Å². The Kier molecular flexibility index (Phi) is 6.51. The van der Waals surface area contributed by atoms with E-state index in [0.29, 0.717) is 6.04 Å². The van der Waals surface area contributed by atoms with Gasteiger partial charge in [-0.3, -0.25) is 0 Å². The molecule has 6 heteroatoms. The molecule has 1 heterocycles. The maximum atomic E-state index is 12.1. The molecule has 130 valence electrons. The summed E-state index contributed by atoms with van der Waals surface area (Å²) in [7, 11) is 1.86. The van der Waals surface area contributed by atoms with E-state index in [4.69, 9.17) is 4.74 Å². The fraction of sp³-hybridized carbons (Fsp3) is 0.706. The zero-order valence-electron chi connectivity index (χ0n) is 14.4. The smallest absolute Gasteiger partial charge is 0.410 e. The van der Waals surface area contributed by atoms with Crippen LogP contribution in [-0.2, 0) is 11.3 Å². The number of ether oxygens (including phenoxy) is 1. The maximum Gasteiger partial charge on any atom is 0.410 e. The number of hydrogen-bond acceptors (Lipinski definition) is 4. The average molecular weight is 403 g/mol. The van der Waals surface area contributed by atoms with E-state index in [1.807, 2.05) is 27.8 Å². The van der Waals surface area contributed by atoms with Gasteiger partial charge in [-0.1, -0.05) is 0 Å². The first-order valence-electron chi connectivity index (χ1n) is 8.17. The fourth-order valence-corrected chi connectivity index (χ4v) is 4.06. The molecule has 2 rings (SSSR count). The lowest BCUT2D eigenvalue weighted by Gasteiger charge is -2.35. The van der Waals surface area contributed by atoms with Crippen molar-refractivity contribution in [1.82, 2.24) is 10.2 Å². The average Bonchev–Trinajstić information content (AvgIpc) is 2.89. The zero-order chi connectivity index (χ0) is 17.0. The van der Waals surface area contributed by atoms with Gasteiger partial charge in [-0.05, 0) is 79.4 Å². The molecule has 1 amide bonds. The van der Waals surface area contributed by atoms with Gasteiger partial charge in [0.05, 0.1) is 3.79 Å². The molecule has 0 spiro atoms. The molecule has 1 saturated carbocycles. The lowest BCUT2D eigenvalue weighted by molar-refractivity contribution is 0.0179. The molecule has 4 nitrogen and oxygen atoms in total. The molecular weight excluding hydrogens is 376 g/mol. The predicted molar refractivity (Wildman–Crippen MR) is 98.9 cm³/mol. The Morgan fingerprint density at radius 1 is 1.39 bits per heavy atom. The van der Waals surface area contributed by atoms with Crippen LogP contribution < -0.4 is 5.32 Å². The van der Waals surface area contributed by atoms with Crippen molar-refractivity contribution in [2.75, 3.05) is 7.05 Å². The summed E-state index contributed by atoms with van der Waals surface area (Å²) in [6.45, 7) is 6.63. The molecule has 1 aromatic rings. The Labute approximate surface area is 151 Å². The van der Waals surface area contributed by atoms with Crippen LogP contribution in [0.3, 0.4) is 0 Å². The maximum absolute atomic E-state index is 12.1. The zero-order valence-corrected chi connectivity index (χ0v) is 16.8. The number of nitrogens with one attached hydrogen (secondary N) is 1. The van der Waals surface area contributed by atoms with Crippen molar-refractivity contribution in [3.05, 3.63) is 20.8 Å². The van der Waals surface area contributed by atoms with E-state index in [2.05, 4.69) is 32.7 Å². The van der Waals surface area contributed by atoms with Crippen molar-refractivity contribution in [2.24, 2.45) is 0 Å². The van der Waals surface area contributed by atoms with Crippen LogP contribution >= 0.6 is 27.3 Å². The monoisotopic (exact) mass is 402 g/mol. The summed E-state index contributed by atoms with van der Waals surface area (Å²) in [5.74, 6) is 0. The number of hydrogen-bond donors (Lipinski definition) is 1. The quantitative estimate of drug-likeness (QED) is 0.787.